The van der Waals surface area contributed by atoms with Crippen LogP contribution in [0.1, 0.15) is 26.7 Å². The van der Waals surface area contributed by atoms with Crippen LogP contribution in [0.25, 0.3) is 0 Å². The third-order valence-corrected chi connectivity index (χ3v) is 3.06. The molecule has 6 heteroatoms. The van der Waals surface area contributed by atoms with E-state index in [0.717, 1.165) is 19.4 Å². The zero-order chi connectivity index (χ0) is 12.4. The zero-order valence-electron chi connectivity index (χ0n) is 9.45. The first-order chi connectivity index (χ1) is 7.23. The number of nitrogens with one attached hydrogen (secondary N) is 2. The molecule has 1 amide bonds. The Kier molecular flexibility index (Phi) is 3.83. The average Bonchev–Trinajstić information content (AvgIpc) is 2.13. The second-order valence-corrected chi connectivity index (χ2v) is 4.81. The molecule has 0 aromatic heterocycles. The second kappa shape index (κ2) is 4.61. The smallest absolute Gasteiger partial charge is 0.347 e. The summed E-state index contributed by atoms with van der Waals surface area (Å²) in [6, 6.07) is -0.104. The summed E-state index contributed by atoms with van der Waals surface area (Å²) in [6.45, 7) is 4.79. The summed E-state index contributed by atoms with van der Waals surface area (Å²) >= 11 is 0. The maximum absolute atomic E-state index is 12.0. The van der Waals surface area contributed by atoms with Crippen molar-refractivity contribution in [3.63, 3.8) is 0 Å². The van der Waals surface area contributed by atoms with Gasteiger partial charge in [0, 0.05) is 12.6 Å². The lowest BCUT2D eigenvalue weighted by molar-refractivity contribution is -0.173. The molecule has 94 valence electrons. The third-order valence-electron chi connectivity index (χ3n) is 3.06. The molecule has 1 saturated heterocycles. The van der Waals surface area contributed by atoms with E-state index in [1.807, 2.05) is 19.2 Å². The number of hydrogen-bond donors (Lipinski definition) is 2. The van der Waals surface area contributed by atoms with Crippen molar-refractivity contribution in [2.45, 2.75) is 38.9 Å². The molecule has 1 aliphatic heterocycles. The Balaban J connectivity index is 2.45. The molecular formula is C10H17F3N2O. The van der Waals surface area contributed by atoms with Gasteiger partial charge in [0.1, 0.15) is 0 Å². The molecule has 1 heterocycles. The maximum Gasteiger partial charge on any atom is 0.471 e. The van der Waals surface area contributed by atoms with E-state index >= 15 is 0 Å². The third kappa shape index (κ3) is 3.37. The number of alkyl halides is 3. The van der Waals surface area contributed by atoms with Gasteiger partial charge in [0.2, 0.25) is 0 Å². The molecule has 0 saturated carbocycles. The van der Waals surface area contributed by atoms with Crippen molar-refractivity contribution < 1.29 is 18.0 Å². The van der Waals surface area contributed by atoms with Crippen LogP contribution in [0, 0.1) is 5.41 Å². The molecule has 1 atom stereocenters. The van der Waals surface area contributed by atoms with Gasteiger partial charge in [-0.15, -0.1) is 0 Å². The largest absolute Gasteiger partial charge is 0.471 e. The molecule has 0 radical (unpaired) electrons. The summed E-state index contributed by atoms with van der Waals surface area (Å²) in [4.78, 5) is 10.7. The number of amides is 1. The van der Waals surface area contributed by atoms with E-state index in [1.54, 1.807) is 0 Å². The minimum absolute atomic E-state index is 0.0192. The van der Waals surface area contributed by atoms with Gasteiger partial charge in [0.15, 0.2) is 0 Å². The van der Waals surface area contributed by atoms with E-state index in [4.69, 9.17) is 0 Å². The lowest BCUT2D eigenvalue weighted by Gasteiger charge is -2.39. The highest BCUT2D eigenvalue weighted by Crippen LogP contribution is 2.29. The van der Waals surface area contributed by atoms with Crippen LogP contribution in [0.2, 0.25) is 0 Å². The predicted molar refractivity (Wildman–Crippen MR) is 53.9 cm³/mol. The molecule has 3 nitrogen and oxygen atoms in total. The van der Waals surface area contributed by atoms with Crippen LogP contribution in [0.4, 0.5) is 13.2 Å². The van der Waals surface area contributed by atoms with Gasteiger partial charge >= 0.3 is 12.1 Å². The summed E-state index contributed by atoms with van der Waals surface area (Å²) in [7, 11) is 0. The summed E-state index contributed by atoms with van der Waals surface area (Å²) in [6.07, 6.45) is -2.83. The molecule has 1 rings (SSSR count). The number of halogens is 3. The Bertz CT molecular complexity index is 263. The second-order valence-electron chi connectivity index (χ2n) is 4.81. The van der Waals surface area contributed by atoms with Gasteiger partial charge < -0.3 is 10.6 Å². The van der Waals surface area contributed by atoms with Crippen LogP contribution in [-0.4, -0.2) is 31.2 Å². The van der Waals surface area contributed by atoms with E-state index in [9.17, 15) is 18.0 Å². The Morgan fingerprint density at radius 2 is 2.12 bits per heavy atom. The molecular weight excluding hydrogens is 221 g/mol. The molecule has 2 N–H and O–H groups in total. The number of rotatable bonds is 2. The fraction of sp³-hybridized carbons (Fsp3) is 0.900. The summed E-state index contributed by atoms with van der Waals surface area (Å²) in [5, 5.41) is 5.06. The molecule has 0 aliphatic carbocycles. The quantitative estimate of drug-likeness (QED) is 0.764. The van der Waals surface area contributed by atoms with Crippen LogP contribution < -0.4 is 10.6 Å². The fourth-order valence-electron chi connectivity index (χ4n) is 1.91. The van der Waals surface area contributed by atoms with Gasteiger partial charge in [-0.3, -0.25) is 4.79 Å². The lowest BCUT2D eigenvalue weighted by atomic mass is 9.77. The predicted octanol–water partition coefficient (Wildman–Crippen LogP) is 1.44. The number of carbonyl (C=O) groups is 1. The van der Waals surface area contributed by atoms with Gasteiger partial charge in [-0.05, 0) is 24.8 Å². The van der Waals surface area contributed by atoms with E-state index in [1.165, 1.54) is 0 Å². The van der Waals surface area contributed by atoms with Crippen LogP contribution in [0.3, 0.4) is 0 Å². The first-order valence-corrected chi connectivity index (χ1v) is 5.32. The Hall–Kier alpha value is -0.780. The van der Waals surface area contributed by atoms with Crippen molar-refractivity contribution in [2.75, 3.05) is 13.1 Å². The van der Waals surface area contributed by atoms with Gasteiger partial charge in [-0.25, -0.2) is 0 Å². The molecule has 0 spiro atoms. The standard InChI is InChI=1S/C10H17F3N2O/c1-9(2)4-3-5-14-7(9)6-15-8(16)10(11,12)13/h7,14H,3-6H2,1-2H3,(H,15,16). The van der Waals surface area contributed by atoms with Gasteiger partial charge in [0.05, 0.1) is 0 Å². The fourth-order valence-corrected chi connectivity index (χ4v) is 1.91. The molecule has 1 aliphatic rings. The lowest BCUT2D eigenvalue weighted by Crippen LogP contribution is -2.54. The summed E-state index contributed by atoms with van der Waals surface area (Å²) in [5.74, 6) is -1.87. The highest BCUT2D eigenvalue weighted by atomic mass is 19.4. The van der Waals surface area contributed by atoms with E-state index < -0.39 is 12.1 Å². The first-order valence-electron chi connectivity index (χ1n) is 5.32. The SMILES string of the molecule is CC1(C)CCCNC1CNC(=O)C(F)(F)F. The molecule has 0 aromatic carbocycles. The average molecular weight is 238 g/mol. The first kappa shape index (κ1) is 13.3. The topological polar surface area (TPSA) is 41.1 Å². The highest BCUT2D eigenvalue weighted by molar-refractivity contribution is 5.81. The van der Waals surface area contributed by atoms with Crippen molar-refractivity contribution in [3.8, 4) is 0 Å². The van der Waals surface area contributed by atoms with Crippen LogP contribution in [0.15, 0.2) is 0 Å². The van der Waals surface area contributed by atoms with Crippen LogP contribution in [0.5, 0.6) is 0 Å². The number of piperidine rings is 1. The van der Waals surface area contributed by atoms with Gasteiger partial charge in [-0.1, -0.05) is 13.8 Å². The molecule has 0 aromatic rings. The monoisotopic (exact) mass is 238 g/mol. The van der Waals surface area contributed by atoms with Crippen molar-refractivity contribution >= 4 is 5.91 Å². The molecule has 16 heavy (non-hydrogen) atoms. The van der Waals surface area contributed by atoms with Crippen LogP contribution in [-0.2, 0) is 4.79 Å². The molecule has 1 unspecified atom stereocenters. The zero-order valence-corrected chi connectivity index (χ0v) is 9.45. The van der Waals surface area contributed by atoms with Crippen molar-refractivity contribution in [1.29, 1.82) is 0 Å². The number of carbonyl (C=O) groups excluding carboxylic acids is 1. The van der Waals surface area contributed by atoms with E-state index in [-0.39, 0.29) is 18.0 Å². The Morgan fingerprint density at radius 3 is 2.62 bits per heavy atom. The normalized spacial score (nSPS) is 25.2. The van der Waals surface area contributed by atoms with E-state index in [0.29, 0.717) is 0 Å². The van der Waals surface area contributed by atoms with Gasteiger partial charge in [-0.2, -0.15) is 13.2 Å². The minimum Gasteiger partial charge on any atom is -0.347 e. The van der Waals surface area contributed by atoms with E-state index in [2.05, 4.69) is 5.32 Å². The summed E-state index contributed by atoms with van der Waals surface area (Å²) < 4.78 is 35.9. The van der Waals surface area contributed by atoms with Crippen molar-refractivity contribution in [3.05, 3.63) is 0 Å². The molecule has 1 fully saturated rings. The summed E-state index contributed by atoms with van der Waals surface area (Å²) in [5.41, 5.74) is -0.0862. The Morgan fingerprint density at radius 1 is 1.50 bits per heavy atom. The van der Waals surface area contributed by atoms with Crippen LogP contribution >= 0.6 is 0 Å². The maximum atomic E-state index is 12.0. The number of hydrogen-bond acceptors (Lipinski definition) is 2. The van der Waals surface area contributed by atoms with Crippen molar-refractivity contribution in [1.82, 2.24) is 10.6 Å². The minimum atomic E-state index is -4.79. The Labute approximate surface area is 92.8 Å². The van der Waals surface area contributed by atoms with Crippen molar-refractivity contribution in [2.24, 2.45) is 5.41 Å². The van der Waals surface area contributed by atoms with Gasteiger partial charge in [0.25, 0.3) is 0 Å². The highest BCUT2D eigenvalue weighted by Gasteiger charge is 2.40. The molecule has 0 bridgehead atoms.